The van der Waals surface area contributed by atoms with Crippen molar-refractivity contribution in [1.82, 2.24) is 15.0 Å². The van der Waals surface area contributed by atoms with Crippen molar-refractivity contribution in [2.24, 2.45) is 5.92 Å². The van der Waals surface area contributed by atoms with Gasteiger partial charge in [0.25, 0.3) is 11.8 Å². The Hall–Kier alpha value is -4.21. The molecular weight excluding hydrogens is 695 g/mol. The van der Waals surface area contributed by atoms with Crippen LogP contribution in [-0.4, -0.2) is 70.1 Å². The summed E-state index contributed by atoms with van der Waals surface area (Å²) in [6, 6.07) is 8.50. The smallest absolute Gasteiger partial charge is 0.416 e. The number of anilines is 1. The molecule has 1 atom stereocenters. The number of nitrogens with one attached hydrogen (secondary N) is 1. The van der Waals surface area contributed by atoms with E-state index >= 15 is 8.78 Å². The highest BCUT2D eigenvalue weighted by atomic mass is 32.2. The lowest BCUT2D eigenvalue weighted by Crippen LogP contribution is -2.60. The molecule has 2 fully saturated rings. The largest absolute Gasteiger partial charge is 0.509 e. The van der Waals surface area contributed by atoms with Gasteiger partial charge in [-0.3, -0.25) is 14.6 Å². The van der Waals surface area contributed by atoms with E-state index in [4.69, 9.17) is 9.47 Å². The number of aliphatic hydroxyl groups excluding tert-OH is 1. The molecule has 6 rings (SSSR count). The Morgan fingerprint density at radius 1 is 1.14 bits per heavy atom. The molecule has 2 amide bonds. The van der Waals surface area contributed by atoms with Crippen LogP contribution in [-0.2, 0) is 27.0 Å². The van der Waals surface area contributed by atoms with Gasteiger partial charge in [-0.05, 0) is 81.5 Å². The molecule has 2 aromatic carbocycles. The standard InChI is InChI=1S/C36H37F5N4O5S/c1-35-13-3-14-45(35)44(20-23-4-8-27(31(38)30(23)37)50-17-12-21-10-15-49-16-11-21)34(48)29(32(35)46)33(47)43-26-7-6-24(36(39,40)41)18-25(26)22-5-9-28(51-2)42-19-22/h4-9,18-19,21,46H,3,10-17,20H2,1-2H3,(H,43,47). The molecule has 0 radical (unpaired) electrons. The van der Waals surface area contributed by atoms with E-state index in [0.717, 1.165) is 36.0 Å². The number of carbonyl (C=O) groups is 2. The Morgan fingerprint density at radius 2 is 1.90 bits per heavy atom. The molecule has 2 N–H and O–H groups in total. The highest BCUT2D eigenvalue weighted by molar-refractivity contribution is 7.98. The minimum Gasteiger partial charge on any atom is -0.509 e. The number of fused-ring (bicyclic) bond motifs is 1. The number of hydrogen-bond donors (Lipinski definition) is 2. The van der Waals surface area contributed by atoms with Crippen molar-refractivity contribution in [3.05, 3.63) is 82.8 Å². The number of aliphatic hydroxyl groups is 1. The van der Waals surface area contributed by atoms with Crippen LogP contribution in [0, 0.1) is 17.6 Å². The predicted octanol–water partition coefficient (Wildman–Crippen LogP) is 7.53. The second-order valence-corrected chi connectivity index (χ2v) is 13.8. The van der Waals surface area contributed by atoms with Gasteiger partial charge >= 0.3 is 6.18 Å². The van der Waals surface area contributed by atoms with Gasteiger partial charge in [-0.15, -0.1) is 11.8 Å². The molecule has 0 bridgehead atoms. The zero-order valence-electron chi connectivity index (χ0n) is 28.0. The number of hydrogen-bond acceptors (Lipinski definition) is 8. The molecule has 3 aromatic rings. The average Bonchev–Trinajstić information content (AvgIpc) is 3.52. The fourth-order valence-corrected chi connectivity index (χ4v) is 7.16. The van der Waals surface area contributed by atoms with Crippen LogP contribution in [0.25, 0.3) is 11.1 Å². The Labute approximate surface area is 295 Å². The van der Waals surface area contributed by atoms with Crippen molar-refractivity contribution in [2.75, 3.05) is 37.9 Å². The third-order valence-electron chi connectivity index (χ3n) is 9.74. The third kappa shape index (κ3) is 7.42. The quantitative estimate of drug-likeness (QED) is 0.125. The predicted molar refractivity (Wildman–Crippen MR) is 180 cm³/mol. The van der Waals surface area contributed by atoms with E-state index in [1.165, 1.54) is 35.1 Å². The van der Waals surface area contributed by atoms with Crippen LogP contribution in [0.4, 0.5) is 27.6 Å². The van der Waals surface area contributed by atoms with Gasteiger partial charge in [-0.25, -0.2) is 14.4 Å². The number of carbonyl (C=O) groups excluding carboxylic acids is 2. The lowest BCUT2D eigenvalue weighted by molar-refractivity contribution is -0.160. The second-order valence-electron chi connectivity index (χ2n) is 12.9. The number of rotatable bonds is 10. The van der Waals surface area contributed by atoms with Crippen molar-refractivity contribution in [2.45, 2.75) is 62.3 Å². The Kier molecular flexibility index (Phi) is 10.6. The van der Waals surface area contributed by atoms with E-state index in [2.05, 4.69) is 10.3 Å². The van der Waals surface area contributed by atoms with Crippen LogP contribution in [0.3, 0.4) is 0 Å². The first-order chi connectivity index (χ1) is 24.3. The highest BCUT2D eigenvalue weighted by Crippen LogP contribution is 2.43. The van der Waals surface area contributed by atoms with E-state index in [0.29, 0.717) is 43.4 Å². The average molecular weight is 733 g/mol. The van der Waals surface area contributed by atoms with Crippen LogP contribution >= 0.6 is 11.8 Å². The molecule has 272 valence electrons. The SMILES string of the molecule is CSc1ccc(-c2cc(C(F)(F)F)ccc2NC(=O)C2=C(O)C3(C)CCCN3N(Cc3ccc(OCCC4CCOCC4)c(F)c3F)C2=O)cn1. The second kappa shape index (κ2) is 14.8. The number of nitrogens with zero attached hydrogens (tertiary/aromatic N) is 3. The molecule has 1 unspecified atom stereocenters. The molecule has 15 heteroatoms. The number of thioether (sulfide) groups is 1. The molecule has 51 heavy (non-hydrogen) atoms. The zero-order valence-corrected chi connectivity index (χ0v) is 28.8. The molecule has 3 aliphatic rings. The van der Waals surface area contributed by atoms with Gasteiger partial charge in [-0.1, -0.05) is 12.1 Å². The van der Waals surface area contributed by atoms with Crippen molar-refractivity contribution >= 4 is 29.3 Å². The van der Waals surface area contributed by atoms with Crippen molar-refractivity contribution in [1.29, 1.82) is 0 Å². The van der Waals surface area contributed by atoms with Gasteiger partial charge in [0.05, 0.1) is 29.3 Å². The topological polar surface area (TPSA) is 104 Å². The number of pyridine rings is 1. The highest BCUT2D eigenvalue weighted by Gasteiger charge is 2.53. The van der Waals surface area contributed by atoms with Crippen molar-refractivity contribution < 1.29 is 46.1 Å². The maximum atomic E-state index is 15.5. The van der Waals surface area contributed by atoms with Crippen molar-refractivity contribution in [3.8, 4) is 16.9 Å². The van der Waals surface area contributed by atoms with E-state index in [9.17, 15) is 27.9 Å². The summed E-state index contributed by atoms with van der Waals surface area (Å²) < 4.78 is 82.8. The molecule has 0 spiro atoms. The fourth-order valence-electron chi connectivity index (χ4n) is 6.80. The van der Waals surface area contributed by atoms with Crippen LogP contribution < -0.4 is 10.1 Å². The summed E-state index contributed by atoms with van der Waals surface area (Å²) in [7, 11) is 0. The summed E-state index contributed by atoms with van der Waals surface area (Å²) in [6.45, 7) is 2.94. The number of amides is 2. The summed E-state index contributed by atoms with van der Waals surface area (Å²) in [5, 5.41) is 17.2. The number of ether oxygens (including phenoxy) is 2. The van der Waals surface area contributed by atoms with Gasteiger partial charge in [0.1, 0.15) is 11.3 Å². The maximum Gasteiger partial charge on any atom is 0.416 e. The first-order valence-corrected chi connectivity index (χ1v) is 17.8. The normalized spacial score (nSPS) is 20.1. The minimum atomic E-state index is -4.69. The minimum absolute atomic E-state index is 0.0140. The van der Waals surface area contributed by atoms with Gasteiger partial charge in [0.2, 0.25) is 5.82 Å². The molecule has 0 aliphatic carbocycles. The van der Waals surface area contributed by atoms with E-state index in [1.54, 1.807) is 25.3 Å². The summed E-state index contributed by atoms with van der Waals surface area (Å²) >= 11 is 1.34. The van der Waals surface area contributed by atoms with Crippen LogP contribution in [0.5, 0.6) is 5.75 Å². The summed E-state index contributed by atoms with van der Waals surface area (Å²) in [4.78, 5) is 32.1. The first-order valence-electron chi connectivity index (χ1n) is 16.6. The summed E-state index contributed by atoms with van der Waals surface area (Å²) in [6.07, 6.45) is 1.73. The number of benzene rings is 2. The molecular formula is C36H37F5N4O5S. The van der Waals surface area contributed by atoms with Crippen LogP contribution in [0.2, 0.25) is 0 Å². The summed E-state index contributed by atoms with van der Waals surface area (Å²) in [5.41, 5.74) is -2.86. The Balaban J connectivity index is 1.26. The van der Waals surface area contributed by atoms with Gasteiger partial charge in [0.15, 0.2) is 11.6 Å². The van der Waals surface area contributed by atoms with E-state index in [1.807, 2.05) is 0 Å². The lowest BCUT2D eigenvalue weighted by Gasteiger charge is -2.46. The number of halogens is 5. The molecule has 9 nitrogen and oxygen atoms in total. The van der Waals surface area contributed by atoms with Gasteiger partial charge in [-0.2, -0.15) is 17.6 Å². The zero-order chi connectivity index (χ0) is 36.5. The van der Waals surface area contributed by atoms with E-state index < -0.39 is 58.6 Å². The lowest BCUT2D eigenvalue weighted by atomic mass is 9.90. The van der Waals surface area contributed by atoms with Crippen LogP contribution in [0.1, 0.15) is 50.2 Å². The number of aromatic nitrogens is 1. The first kappa shape index (κ1) is 36.6. The molecule has 0 saturated carbocycles. The van der Waals surface area contributed by atoms with Gasteiger partial charge in [0, 0.05) is 48.3 Å². The molecule has 3 aliphatic heterocycles. The molecule has 2 saturated heterocycles. The molecule has 1 aromatic heterocycles. The fraction of sp³-hybridized carbons (Fsp3) is 0.417. The van der Waals surface area contributed by atoms with Gasteiger partial charge < -0.3 is 19.9 Å². The molecule has 4 heterocycles. The monoisotopic (exact) mass is 732 g/mol. The van der Waals surface area contributed by atoms with Crippen molar-refractivity contribution in [3.63, 3.8) is 0 Å². The number of alkyl halides is 3. The van der Waals surface area contributed by atoms with Crippen LogP contribution in [0.15, 0.2) is 65.0 Å². The van der Waals surface area contributed by atoms with E-state index in [-0.39, 0.29) is 41.3 Å². The number of hydrazine groups is 1. The summed E-state index contributed by atoms with van der Waals surface area (Å²) in [5.74, 6) is -4.91. The third-order valence-corrected chi connectivity index (χ3v) is 10.4. The Bertz CT molecular complexity index is 1830. The maximum absolute atomic E-state index is 15.5. The Morgan fingerprint density at radius 3 is 2.59 bits per heavy atom.